The highest BCUT2D eigenvalue weighted by molar-refractivity contribution is 6.33. The highest BCUT2D eigenvalue weighted by Crippen LogP contribution is 2.30. The number of carbonyl (C=O) groups is 1. The van der Waals surface area contributed by atoms with E-state index in [2.05, 4.69) is 13.8 Å². The van der Waals surface area contributed by atoms with Gasteiger partial charge in [0.1, 0.15) is 10.6 Å². The van der Waals surface area contributed by atoms with Crippen molar-refractivity contribution in [3.05, 3.63) is 38.9 Å². The normalized spacial score (nSPS) is 22.6. The van der Waals surface area contributed by atoms with Gasteiger partial charge in [0.15, 0.2) is 0 Å². The lowest BCUT2D eigenvalue weighted by molar-refractivity contribution is -0.385. The maximum atomic E-state index is 12.5. The first-order chi connectivity index (χ1) is 9.40. The van der Waals surface area contributed by atoms with Crippen LogP contribution in [0, 0.1) is 22.0 Å². The predicted octanol–water partition coefficient (Wildman–Crippen LogP) is 3.37. The molecule has 1 amide bonds. The van der Waals surface area contributed by atoms with Crippen molar-refractivity contribution >= 4 is 23.2 Å². The van der Waals surface area contributed by atoms with E-state index < -0.39 is 4.92 Å². The molecule has 2 atom stereocenters. The Morgan fingerprint density at radius 1 is 1.35 bits per heavy atom. The summed E-state index contributed by atoms with van der Waals surface area (Å²) in [4.78, 5) is 24.7. The number of piperidine rings is 1. The van der Waals surface area contributed by atoms with E-state index in [0.717, 1.165) is 6.42 Å². The average molecular weight is 297 g/mol. The molecular formula is C14H17ClN2O3. The summed E-state index contributed by atoms with van der Waals surface area (Å²) in [5.41, 5.74) is -0.228. The zero-order valence-electron chi connectivity index (χ0n) is 11.5. The molecule has 1 saturated heterocycles. The molecule has 0 N–H and O–H groups in total. The minimum atomic E-state index is -0.591. The molecule has 0 saturated carbocycles. The number of nitrogens with zero attached hydrogens (tertiary/aromatic N) is 2. The summed E-state index contributed by atoms with van der Waals surface area (Å²) in [6, 6.07) is 4.47. The van der Waals surface area contributed by atoms with E-state index in [-0.39, 0.29) is 22.2 Å². The molecule has 20 heavy (non-hydrogen) atoms. The summed E-state index contributed by atoms with van der Waals surface area (Å²) in [6.07, 6.45) is 1.07. The summed E-state index contributed by atoms with van der Waals surface area (Å²) in [7, 11) is 0. The fourth-order valence-electron chi connectivity index (χ4n) is 2.87. The van der Waals surface area contributed by atoms with Crippen LogP contribution in [-0.2, 0) is 0 Å². The molecule has 0 spiro atoms. The van der Waals surface area contributed by atoms with E-state index in [1.807, 2.05) is 0 Å². The fourth-order valence-corrected chi connectivity index (χ4v) is 3.12. The largest absolute Gasteiger partial charge is 0.338 e. The Bertz CT molecular complexity index is 537. The van der Waals surface area contributed by atoms with E-state index in [0.29, 0.717) is 24.9 Å². The molecule has 0 aliphatic carbocycles. The van der Waals surface area contributed by atoms with Crippen molar-refractivity contribution in [1.29, 1.82) is 0 Å². The van der Waals surface area contributed by atoms with Crippen LogP contribution in [0.1, 0.15) is 30.6 Å². The van der Waals surface area contributed by atoms with Crippen LogP contribution in [0.5, 0.6) is 0 Å². The van der Waals surface area contributed by atoms with Crippen molar-refractivity contribution in [2.24, 2.45) is 11.8 Å². The van der Waals surface area contributed by atoms with Gasteiger partial charge in [-0.15, -0.1) is 0 Å². The lowest BCUT2D eigenvalue weighted by atomic mass is 9.91. The third-order valence-electron chi connectivity index (χ3n) is 3.56. The van der Waals surface area contributed by atoms with Crippen LogP contribution < -0.4 is 0 Å². The number of para-hydroxylation sites is 1. The highest BCUT2D eigenvalue weighted by Gasteiger charge is 2.31. The third-order valence-corrected chi connectivity index (χ3v) is 3.86. The summed E-state index contributed by atoms with van der Waals surface area (Å²) >= 11 is 5.85. The zero-order valence-corrected chi connectivity index (χ0v) is 12.3. The zero-order chi connectivity index (χ0) is 14.9. The molecule has 0 bridgehead atoms. The number of nitro benzene ring substituents is 1. The number of benzene rings is 1. The molecular weight excluding hydrogens is 280 g/mol. The molecule has 2 unspecified atom stereocenters. The topological polar surface area (TPSA) is 63.5 Å². The number of hydrogen-bond donors (Lipinski definition) is 0. The quantitative estimate of drug-likeness (QED) is 0.621. The summed E-state index contributed by atoms with van der Waals surface area (Å²) in [6.45, 7) is 5.43. The molecule has 108 valence electrons. The van der Waals surface area contributed by atoms with E-state index in [1.54, 1.807) is 11.0 Å². The smallest absolute Gasteiger partial charge is 0.300 e. The lowest BCUT2D eigenvalue weighted by Gasteiger charge is -2.34. The fraction of sp³-hybridized carbons (Fsp3) is 0.500. The monoisotopic (exact) mass is 296 g/mol. The van der Waals surface area contributed by atoms with Gasteiger partial charge in [0.2, 0.25) is 0 Å². The number of likely N-dealkylation sites (tertiary alicyclic amines) is 1. The first-order valence-electron chi connectivity index (χ1n) is 6.62. The number of hydrogen-bond acceptors (Lipinski definition) is 3. The number of amides is 1. The van der Waals surface area contributed by atoms with Crippen LogP contribution >= 0.6 is 11.6 Å². The van der Waals surface area contributed by atoms with Gasteiger partial charge in [0.05, 0.1) is 4.92 Å². The number of rotatable bonds is 2. The number of nitro groups is 1. The second kappa shape index (κ2) is 5.79. The molecule has 1 aromatic carbocycles. The molecule has 2 rings (SSSR count). The Labute approximate surface area is 122 Å². The van der Waals surface area contributed by atoms with Crippen molar-refractivity contribution in [1.82, 2.24) is 4.90 Å². The number of halogens is 1. The van der Waals surface area contributed by atoms with Gasteiger partial charge in [-0.3, -0.25) is 14.9 Å². The van der Waals surface area contributed by atoms with Crippen LogP contribution in [-0.4, -0.2) is 28.8 Å². The standard InChI is InChI=1S/C14H17ClN2O3/c1-9-6-10(2)8-16(7-9)14(18)11-4-3-5-12(15)13(11)17(19)20/h3-5,9-10H,6-8H2,1-2H3. The van der Waals surface area contributed by atoms with Gasteiger partial charge in [-0.05, 0) is 30.4 Å². The van der Waals surface area contributed by atoms with Gasteiger partial charge in [-0.25, -0.2) is 0 Å². The minimum Gasteiger partial charge on any atom is -0.338 e. The van der Waals surface area contributed by atoms with E-state index in [4.69, 9.17) is 11.6 Å². The molecule has 1 fully saturated rings. The summed E-state index contributed by atoms with van der Waals surface area (Å²) in [5, 5.41) is 11.1. The van der Waals surface area contributed by atoms with Gasteiger partial charge in [0.25, 0.3) is 5.91 Å². The first kappa shape index (κ1) is 14.8. The Kier molecular flexibility index (Phi) is 4.28. The Morgan fingerprint density at radius 2 is 1.95 bits per heavy atom. The Balaban J connectivity index is 2.34. The second-order valence-corrected chi connectivity index (χ2v) is 5.96. The number of carbonyl (C=O) groups excluding carboxylic acids is 1. The Morgan fingerprint density at radius 3 is 2.50 bits per heavy atom. The van der Waals surface area contributed by atoms with Crippen LogP contribution in [0.25, 0.3) is 0 Å². The van der Waals surface area contributed by atoms with Gasteiger partial charge in [-0.2, -0.15) is 0 Å². The van der Waals surface area contributed by atoms with Crippen molar-refractivity contribution in [2.45, 2.75) is 20.3 Å². The van der Waals surface area contributed by atoms with E-state index in [9.17, 15) is 14.9 Å². The van der Waals surface area contributed by atoms with Crippen LogP contribution in [0.15, 0.2) is 18.2 Å². The van der Waals surface area contributed by atoms with Crippen molar-refractivity contribution < 1.29 is 9.72 Å². The molecule has 0 aromatic heterocycles. The summed E-state index contributed by atoms with van der Waals surface area (Å²) in [5.74, 6) is 0.500. The lowest BCUT2D eigenvalue weighted by Crippen LogP contribution is -2.42. The van der Waals surface area contributed by atoms with Gasteiger partial charge in [0, 0.05) is 13.1 Å². The van der Waals surface area contributed by atoms with Crippen LogP contribution in [0.3, 0.4) is 0 Å². The van der Waals surface area contributed by atoms with Crippen molar-refractivity contribution in [2.75, 3.05) is 13.1 Å². The third kappa shape index (κ3) is 2.93. The molecule has 0 radical (unpaired) electrons. The SMILES string of the molecule is CC1CC(C)CN(C(=O)c2cccc(Cl)c2[N+](=O)[O-])C1. The minimum absolute atomic E-state index is 0.000966. The molecule has 1 heterocycles. The molecule has 1 aromatic rings. The van der Waals surface area contributed by atoms with Crippen LogP contribution in [0.2, 0.25) is 5.02 Å². The molecule has 6 heteroatoms. The predicted molar refractivity (Wildman–Crippen MR) is 77.0 cm³/mol. The summed E-state index contributed by atoms with van der Waals surface area (Å²) < 4.78 is 0. The highest BCUT2D eigenvalue weighted by atomic mass is 35.5. The van der Waals surface area contributed by atoms with Crippen molar-refractivity contribution in [3.63, 3.8) is 0 Å². The second-order valence-electron chi connectivity index (χ2n) is 5.55. The van der Waals surface area contributed by atoms with Crippen LogP contribution in [0.4, 0.5) is 5.69 Å². The molecule has 1 aliphatic rings. The first-order valence-corrected chi connectivity index (χ1v) is 7.00. The Hall–Kier alpha value is -1.62. The van der Waals surface area contributed by atoms with Gasteiger partial charge < -0.3 is 4.90 Å². The van der Waals surface area contributed by atoms with E-state index in [1.165, 1.54) is 12.1 Å². The van der Waals surface area contributed by atoms with E-state index >= 15 is 0 Å². The maximum Gasteiger partial charge on any atom is 0.300 e. The van der Waals surface area contributed by atoms with Gasteiger partial charge >= 0.3 is 5.69 Å². The molecule has 1 aliphatic heterocycles. The van der Waals surface area contributed by atoms with Gasteiger partial charge in [-0.1, -0.05) is 31.5 Å². The maximum absolute atomic E-state index is 12.5. The average Bonchev–Trinajstić information content (AvgIpc) is 2.35. The molecule has 5 nitrogen and oxygen atoms in total. The van der Waals surface area contributed by atoms with Crippen molar-refractivity contribution in [3.8, 4) is 0 Å².